The number of nitrogen functional groups attached to an aromatic ring is 1. The Kier molecular flexibility index (Phi) is 4.08. The fourth-order valence-corrected chi connectivity index (χ4v) is 2.52. The van der Waals surface area contributed by atoms with Crippen LogP contribution in [0, 0.1) is 15.5 Å². The maximum atomic E-state index is 10.9. The summed E-state index contributed by atoms with van der Waals surface area (Å²) in [5.74, 6) is 6.08. The maximum absolute atomic E-state index is 10.9. The SMILES string of the molecule is CC1(C)CCC(Nc2cc([N+](=O)[O-])cc(NN)n2)CC1. The Morgan fingerprint density at radius 2 is 1.95 bits per heavy atom. The monoisotopic (exact) mass is 279 g/mol. The van der Waals surface area contributed by atoms with Gasteiger partial charge in [-0.1, -0.05) is 13.8 Å². The van der Waals surface area contributed by atoms with Gasteiger partial charge in [0.25, 0.3) is 5.69 Å². The van der Waals surface area contributed by atoms with Crippen LogP contribution in [0.25, 0.3) is 0 Å². The van der Waals surface area contributed by atoms with Crippen molar-refractivity contribution in [2.24, 2.45) is 11.3 Å². The molecule has 2 rings (SSSR count). The largest absolute Gasteiger partial charge is 0.367 e. The van der Waals surface area contributed by atoms with Gasteiger partial charge in [-0.25, -0.2) is 10.8 Å². The highest BCUT2D eigenvalue weighted by molar-refractivity contribution is 5.54. The Morgan fingerprint density at radius 3 is 2.50 bits per heavy atom. The predicted octanol–water partition coefficient (Wildman–Crippen LogP) is 2.66. The molecular weight excluding hydrogens is 258 g/mol. The molecule has 4 N–H and O–H groups in total. The van der Waals surface area contributed by atoms with Gasteiger partial charge in [0.2, 0.25) is 0 Å². The molecule has 0 aliphatic heterocycles. The molecule has 1 fully saturated rings. The highest BCUT2D eigenvalue weighted by Crippen LogP contribution is 2.36. The third-order valence-corrected chi connectivity index (χ3v) is 3.86. The van der Waals surface area contributed by atoms with E-state index in [1.54, 1.807) is 0 Å². The molecule has 1 aliphatic rings. The van der Waals surface area contributed by atoms with Crippen LogP contribution in [-0.4, -0.2) is 15.9 Å². The van der Waals surface area contributed by atoms with Gasteiger partial charge < -0.3 is 10.7 Å². The third kappa shape index (κ3) is 3.57. The van der Waals surface area contributed by atoms with Crippen LogP contribution in [0.15, 0.2) is 12.1 Å². The molecule has 0 radical (unpaired) electrons. The molecule has 0 bridgehead atoms. The summed E-state index contributed by atoms with van der Waals surface area (Å²) in [5, 5.41) is 14.2. The van der Waals surface area contributed by atoms with Crippen LogP contribution >= 0.6 is 0 Å². The minimum absolute atomic E-state index is 0.0217. The van der Waals surface area contributed by atoms with Gasteiger partial charge in [-0.3, -0.25) is 10.1 Å². The van der Waals surface area contributed by atoms with E-state index < -0.39 is 4.92 Å². The highest BCUT2D eigenvalue weighted by Gasteiger charge is 2.27. The first-order chi connectivity index (χ1) is 9.39. The maximum Gasteiger partial charge on any atom is 0.276 e. The molecule has 1 aromatic rings. The molecule has 0 aromatic carbocycles. The molecule has 0 saturated heterocycles. The minimum Gasteiger partial charge on any atom is -0.367 e. The summed E-state index contributed by atoms with van der Waals surface area (Å²) in [6.07, 6.45) is 4.37. The van der Waals surface area contributed by atoms with E-state index in [0.29, 0.717) is 17.3 Å². The lowest BCUT2D eigenvalue weighted by atomic mass is 9.75. The second-order valence-electron chi connectivity index (χ2n) is 6.08. The summed E-state index contributed by atoms with van der Waals surface area (Å²) in [5.41, 5.74) is 2.72. The number of rotatable bonds is 4. The number of aromatic nitrogens is 1. The molecule has 7 heteroatoms. The van der Waals surface area contributed by atoms with Gasteiger partial charge in [-0.2, -0.15) is 0 Å². The van der Waals surface area contributed by atoms with Gasteiger partial charge in [0.05, 0.1) is 17.1 Å². The number of nitro groups is 1. The van der Waals surface area contributed by atoms with Crippen LogP contribution in [0.3, 0.4) is 0 Å². The summed E-state index contributed by atoms with van der Waals surface area (Å²) < 4.78 is 0. The van der Waals surface area contributed by atoms with E-state index in [9.17, 15) is 10.1 Å². The average Bonchev–Trinajstić information content (AvgIpc) is 2.41. The second kappa shape index (κ2) is 5.62. The third-order valence-electron chi connectivity index (χ3n) is 3.86. The summed E-state index contributed by atoms with van der Waals surface area (Å²) in [6.45, 7) is 4.54. The van der Waals surface area contributed by atoms with Gasteiger partial charge in [-0.05, 0) is 31.1 Å². The number of nitrogens with two attached hydrogens (primary N) is 1. The van der Waals surface area contributed by atoms with Crippen molar-refractivity contribution in [1.29, 1.82) is 0 Å². The number of hydrazine groups is 1. The molecule has 7 nitrogen and oxygen atoms in total. The molecule has 0 unspecified atom stereocenters. The van der Waals surface area contributed by atoms with E-state index in [-0.39, 0.29) is 11.5 Å². The molecule has 0 amide bonds. The van der Waals surface area contributed by atoms with Crippen molar-refractivity contribution in [3.05, 3.63) is 22.2 Å². The van der Waals surface area contributed by atoms with Crippen molar-refractivity contribution in [1.82, 2.24) is 4.98 Å². The Morgan fingerprint density at radius 1 is 1.35 bits per heavy atom. The highest BCUT2D eigenvalue weighted by atomic mass is 16.6. The van der Waals surface area contributed by atoms with Crippen molar-refractivity contribution in [3.8, 4) is 0 Å². The summed E-state index contributed by atoms with van der Waals surface area (Å²) in [4.78, 5) is 14.6. The summed E-state index contributed by atoms with van der Waals surface area (Å²) in [6, 6.07) is 3.07. The molecule has 0 spiro atoms. The average molecular weight is 279 g/mol. The molecule has 1 aromatic heterocycles. The summed E-state index contributed by atoms with van der Waals surface area (Å²) >= 11 is 0. The number of nitrogens with one attached hydrogen (secondary N) is 2. The topological polar surface area (TPSA) is 106 Å². The van der Waals surface area contributed by atoms with Crippen molar-refractivity contribution >= 4 is 17.3 Å². The number of hydrogen-bond acceptors (Lipinski definition) is 6. The lowest BCUT2D eigenvalue weighted by Gasteiger charge is -2.34. The molecule has 1 saturated carbocycles. The lowest BCUT2D eigenvalue weighted by Crippen LogP contribution is -2.30. The smallest absolute Gasteiger partial charge is 0.276 e. The molecule has 1 aliphatic carbocycles. The normalized spacial score (nSPS) is 18.6. The van der Waals surface area contributed by atoms with E-state index in [0.717, 1.165) is 25.7 Å². The number of nitrogens with zero attached hydrogens (tertiary/aromatic N) is 2. The number of anilines is 2. The number of hydrogen-bond donors (Lipinski definition) is 3. The van der Waals surface area contributed by atoms with Crippen LogP contribution < -0.4 is 16.6 Å². The standard InChI is InChI=1S/C13H21N5O2/c1-13(2)5-3-9(4-6-13)15-11-7-10(18(19)20)8-12(16-11)17-14/h7-9H,3-6,14H2,1-2H3,(H2,15,16,17). The van der Waals surface area contributed by atoms with Crippen molar-refractivity contribution < 1.29 is 4.92 Å². The Balaban J connectivity index is 2.09. The quantitative estimate of drug-likeness (QED) is 0.444. The fourth-order valence-electron chi connectivity index (χ4n) is 2.52. The first-order valence-corrected chi connectivity index (χ1v) is 6.79. The minimum atomic E-state index is -0.447. The van der Waals surface area contributed by atoms with Crippen LogP contribution in [0.4, 0.5) is 17.3 Å². The first kappa shape index (κ1) is 14.5. The molecule has 20 heavy (non-hydrogen) atoms. The zero-order chi connectivity index (χ0) is 14.8. The van der Waals surface area contributed by atoms with Crippen LogP contribution in [0.1, 0.15) is 39.5 Å². The molecule has 1 heterocycles. The molecule has 110 valence electrons. The summed E-state index contributed by atoms with van der Waals surface area (Å²) in [7, 11) is 0. The van der Waals surface area contributed by atoms with Gasteiger partial charge in [0.1, 0.15) is 11.6 Å². The van der Waals surface area contributed by atoms with Crippen molar-refractivity contribution in [3.63, 3.8) is 0 Å². The first-order valence-electron chi connectivity index (χ1n) is 6.79. The second-order valence-corrected chi connectivity index (χ2v) is 6.08. The zero-order valence-electron chi connectivity index (χ0n) is 11.8. The van der Waals surface area contributed by atoms with E-state index in [1.807, 2.05) is 0 Å². The Labute approximate surface area is 118 Å². The Bertz CT molecular complexity index is 494. The fraction of sp³-hybridized carbons (Fsp3) is 0.615. The van der Waals surface area contributed by atoms with Crippen molar-refractivity contribution in [2.75, 3.05) is 10.7 Å². The molecule has 0 atom stereocenters. The van der Waals surface area contributed by atoms with Gasteiger partial charge >= 0.3 is 0 Å². The van der Waals surface area contributed by atoms with Crippen LogP contribution in [0.5, 0.6) is 0 Å². The van der Waals surface area contributed by atoms with Gasteiger partial charge in [0, 0.05) is 6.04 Å². The Hall–Kier alpha value is -1.89. The van der Waals surface area contributed by atoms with E-state index in [1.165, 1.54) is 12.1 Å². The molecular formula is C13H21N5O2. The number of pyridine rings is 1. The van der Waals surface area contributed by atoms with E-state index >= 15 is 0 Å². The van der Waals surface area contributed by atoms with E-state index in [4.69, 9.17) is 5.84 Å². The zero-order valence-corrected chi connectivity index (χ0v) is 11.8. The van der Waals surface area contributed by atoms with Gasteiger partial charge in [0.15, 0.2) is 0 Å². The van der Waals surface area contributed by atoms with Crippen LogP contribution in [-0.2, 0) is 0 Å². The lowest BCUT2D eigenvalue weighted by molar-refractivity contribution is -0.384. The van der Waals surface area contributed by atoms with E-state index in [2.05, 4.69) is 29.6 Å². The predicted molar refractivity (Wildman–Crippen MR) is 78.4 cm³/mol. The van der Waals surface area contributed by atoms with Crippen LogP contribution in [0.2, 0.25) is 0 Å². The van der Waals surface area contributed by atoms with Crippen molar-refractivity contribution in [2.45, 2.75) is 45.6 Å². The van der Waals surface area contributed by atoms with Gasteiger partial charge in [-0.15, -0.1) is 0 Å².